The van der Waals surface area contributed by atoms with Crippen LogP contribution >= 0.6 is 0 Å². The van der Waals surface area contributed by atoms with Crippen molar-refractivity contribution in [1.29, 1.82) is 5.26 Å². The van der Waals surface area contributed by atoms with Gasteiger partial charge in [0.2, 0.25) is 5.95 Å². The van der Waals surface area contributed by atoms with Gasteiger partial charge < -0.3 is 10.6 Å². The number of rotatable bonds is 6. The van der Waals surface area contributed by atoms with E-state index in [1.807, 2.05) is 36.0 Å². The normalized spacial score (nSPS) is 11.7. The molecule has 0 bridgehead atoms. The number of benzene rings is 1. The lowest BCUT2D eigenvalue weighted by molar-refractivity contribution is 0.0948. The summed E-state index contributed by atoms with van der Waals surface area (Å²) in [6.07, 6.45) is 5.40. The summed E-state index contributed by atoms with van der Waals surface area (Å²) in [5.41, 5.74) is 3.87. The standard InChI is InChI=1S/C21H23N7O/c1-13(2)28-12-18(11-24-28)26-21-23-10-14(3)19(27-21)16-5-7-17(8-6-16)20(29)25-15(4)9-22/h5-8,10-13,15H,1-4H3,(H,25,29)(H,23,26,27)/t15-/m0/s1. The summed E-state index contributed by atoms with van der Waals surface area (Å²) in [5.74, 6) is 0.188. The summed E-state index contributed by atoms with van der Waals surface area (Å²) < 4.78 is 1.86. The first-order chi connectivity index (χ1) is 13.9. The van der Waals surface area contributed by atoms with E-state index >= 15 is 0 Å². The van der Waals surface area contributed by atoms with Crippen molar-refractivity contribution < 1.29 is 4.79 Å². The van der Waals surface area contributed by atoms with Gasteiger partial charge in [-0.2, -0.15) is 10.4 Å². The van der Waals surface area contributed by atoms with Crippen LogP contribution in [0, 0.1) is 18.3 Å². The lowest BCUT2D eigenvalue weighted by Crippen LogP contribution is -2.31. The van der Waals surface area contributed by atoms with Crippen molar-refractivity contribution in [1.82, 2.24) is 25.1 Å². The zero-order valence-electron chi connectivity index (χ0n) is 16.8. The second-order valence-corrected chi connectivity index (χ2v) is 7.05. The van der Waals surface area contributed by atoms with E-state index in [-0.39, 0.29) is 11.9 Å². The van der Waals surface area contributed by atoms with Crippen LogP contribution in [0.2, 0.25) is 0 Å². The molecule has 2 N–H and O–H groups in total. The zero-order chi connectivity index (χ0) is 21.0. The third-order valence-electron chi connectivity index (χ3n) is 4.32. The van der Waals surface area contributed by atoms with Crippen molar-refractivity contribution in [3.8, 4) is 17.3 Å². The number of aromatic nitrogens is 4. The highest BCUT2D eigenvalue weighted by molar-refractivity contribution is 5.95. The molecule has 1 atom stereocenters. The molecule has 8 nitrogen and oxygen atoms in total. The van der Waals surface area contributed by atoms with Crippen molar-refractivity contribution in [2.45, 2.75) is 39.8 Å². The van der Waals surface area contributed by atoms with Gasteiger partial charge in [-0.1, -0.05) is 12.1 Å². The fourth-order valence-electron chi connectivity index (χ4n) is 2.70. The van der Waals surface area contributed by atoms with Crippen molar-refractivity contribution in [3.05, 3.63) is 54.0 Å². The molecule has 0 saturated carbocycles. The maximum absolute atomic E-state index is 12.1. The Labute approximate surface area is 169 Å². The van der Waals surface area contributed by atoms with E-state index < -0.39 is 6.04 Å². The average molecular weight is 389 g/mol. The fraction of sp³-hybridized carbons (Fsp3) is 0.286. The maximum Gasteiger partial charge on any atom is 0.252 e. The fourth-order valence-corrected chi connectivity index (χ4v) is 2.70. The summed E-state index contributed by atoms with van der Waals surface area (Å²) >= 11 is 0. The lowest BCUT2D eigenvalue weighted by Gasteiger charge is -2.10. The van der Waals surface area contributed by atoms with E-state index in [1.54, 1.807) is 31.5 Å². The Morgan fingerprint density at radius 2 is 1.90 bits per heavy atom. The van der Waals surface area contributed by atoms with Gasteiger partial charge in [-0.05, 0) is 45.4 Å². The van der Waals surface area contributed by atoms with Crippen LogP contribution in [0.4, 0.5) is 11.6 Å². The predicted molar refractivity (Wildman–Crippen MR) is 111 cm³/mol. The molecule has 0 aliphatic carbocycles. The molecule has 1 aromatic carbocycles. The molecule has 2 heterocycles. The Kier molecular flexibility index (Phi) is 5.88. The van der Waals surface area contributed by atoms with Crippen molar-refractivity contribution >= 4 is 17.5 Å². The van der Waals surface area contributed by atoms with E-state index in [0.29, 0.717) is 11.5 Å². The van der Waals surface area contributed by atoms with Gasteiger partial charge in [-0.3, -0.25) is 9.48 Å². The number of hydrogen-bond donors (Lipinski definition) is 2. The van der Waals surface area contributed by atoms with Gasteiger partial charge in [0.1, 0.15) is 6.04 Å². The molecule has 0 saturated heterocycles. The summed E-state index contributed by atoms with van der Waals surface area (Å²) in [7, 11) is 0. The first-order valence-electron chi connectivity index (χ1n) is 9.33. The number of nitriles is 1. The van der Waals surface area contributed by atoms with Crippen LogP contribution in [0.25, 0.3) is 11.3 Å². The van der Waals surface area contributed by atoms with Gasteiger partial charge >= 0.3 is 0 Å². The highest BCUT2D eigenvalue weighted by Crippen LogP contribution is 2.23. The molecule has 1 amide bonds. The highest BCUT2D eigenvalue weighted by Gasteiger charge is 2.12. The molecule has 0 aliphatic heterocycles. The van der Waals surface area contributed by atoms with Crippen LogP contribution in [0.5, 0.6) is 0 Å². The minimum Gasteiger partial charge on any atom is -0.337 e. The number of hydrogen-bond acceptors (Lipinski definition) is 6. The number of nitrogens with one attached hydrogen (secondary N) is 2. The number of carbonyl (C=O) groups is 1. The van der Waals surface area contributed by atoms with E-state index in [4.69, 9.17) is 5.26 Å². The van der Waals surface area contributed by atoms with Gasteiger partial charge in [0.05, 0.1) is 23.6 Å². The Bertz CT molecular complexity index is 1050. The van der Waals surface area contributed by atoms with Crippen LogP contribution < -0.4 is 10.6 Å². The molecular formula is C21H23N7O. The van der Waals surface area contributed by atoms with Crippen LogP contribution in [0.15, 0.2) is 42.9 Å². The first-order valence-corrected chi connectivity index (χ1v) is 9.33. The summed E-state index contributed by atoms with van der Waals surface area (Å²) in [5, 5.41) is 18.9. The second kappa shape index (κ2) is 8.52. The predicted octanol–water partition coefficient (Wildman–Crippen LogP) is 3.61. The molecule has 0 aliphatic rings. The number of aryl methyl sites for hydroxylation is 1. The van der Waals surface area contributed by atoms with Gasteiger partial charge in [0, 0.05) is 29.6 Å². The lowest BCUT2D eigenvalue weighted by atomic mass is 10.1. The molecule has 8 heteroatoms. The van der Waals surface area contributed by atoms with E-state index in [0.717, 1.165) is 22.5 Å². The van der Waals surface area contributed by atoms with Crippen LogP contribution in [-0.4, -0.2) is 31.7 Å². The Morgan fingerprint density at radius 1 is 1.17 bits per heavy atom. The molecule has 0 unspecified atom stereocenters. The molecule has 0 fully saturated rings. The Balaban J connectivity index is 1.80. The molecule has 3 rings (SSSR count). The molecule has 29 heavy (non-hydrogen) atoms. The van der Waals surface area contributed by atoms with Crippen LogP contribution in [0.3, 0.4) is 0 Å². The smallest absolute Gasteiger partial charge is 0.252 e. The SMILES string of the molecule is Cc1cnc(Nc2cnn(C(C)C)c2)nc1-c1ccc(C(=O)N[C@@H](C)C#N)cc1. The van der Waals surface area contributed by atoms with Gasteiger partial charge in [-0.15, -0.1) is 0 Å². The highest BCUT2D eigenvalue weighted by atomic mass is 16.1. The number of carbonyl (C=O) groups excluding carboxylic acids is 1. The first kappa shape index (κ1) is 20.0. The van der Waals surface area contributed by atoms with Crippen LogP contribution in [0.1, 0.15) is 42.7 Å². The van der Waals surface area contributed by atoms with Crippen molar-refractivity contribution in [2.24, 2.45) is 0 Å². The number of anilines is 2. The topological polar surface area (TPSA) is 109 Å². The number of amides is 1. The maximum atomic E-state index is 12.1. The summed E-state index contributed by atoms with van der Waals surface area (Å²) in [6.45, 7) is 7.69. The minimum absolute atomic E-state index is 0.270. The molecule has 3 aromatic rings. The van der Waals surface area contributed by atoms with E-state index in [1.165, 1.54) is 0 Å². The molecule has 148 valence electrons. The van der Waals surface area contributed by atoms with E-state index in [2.05, 4.69) is 39.5 Å². The van der Waals surface area contributed by atoms with Crippen molar-refractivity contribution in [2.75, 3.05) is 5.32 Å². The Morgan fingerprint density at radius 3 is 2.52 bits per heavy atom. The summed E-state index contributed by atoms with van der Waals surface area (Å²) in [6, 6.07) is 8.82. The summed E-state index contributed by atoms with van der Waals surface area (Å²) in [4.78, 5) is 21.1. The molecule has 0 radical (unpaired) electrons. The van der Waals surface area contributed by atoms with E-state index in [9.17, 15) is 4.79 Å². The van der Waals surface area contributed by atoms with Crippen molar-refractivity contribution in [3.63, 3.8) is 0 Å². The Hall–Kier alpha value is -3.73. The zero-order valence-corrected chi connectivity index (χ0v) is 16.8. The largest absolute Gasteiger partial charge is 0.337 e. The third-order valence-corrected chi connectivity index (χ3v) is 4.32. The molecule has 2 aromatic heterocycles. The van der Waals surface area contributed by atoms with Gasteiger partial charge in [0.15, 0.2) is 0 Å². The van der Waals surface area contributed by atoms with Gasteiger partial charge in [-0.25, -0.2) is 9.97 Å². The minimum atomic E-state index is -0.542. The second-order valence-electron chi connectivity index (χ2n) is 7.05. The monoisotopic (exact) mass is 389 g/mol. The molecule has 0 spiro atoms. The van der Waals surface area contributed by atoms with Crippen LogP contribution in [-0.2, 0) is 0 Å². The quantitative estimate of drug-likeness (QED) is 0.666. The third kappa shape index (κ3) is 4.76. The number of nitrogens with zero attached hydrogens (tertiary/aromatic N) is 5. The average Bonchev–Trinajstić information content (AvgIpc) is 3.18. The molecular weight excluding hydrogens is 366 g/mol. The van der Waals surface area contributed by atoms with Gasteiger partial charge in [0.25, 0.3) is 5.91 Å².